The highest BCUT2D eigenvalue weighted by Crippen LogP contribution is 2.30. The standard InChI is InChI=1S/C26H28N6O2/c1-31-10-5-11-32(13-12-31)26(33)19-8-9-21(24(15-19)34-2)29-25-17-27-16-23(30-25)22-14-18-6-3-4-7-20(18)28-22/h3-4,6-9,14-17,28H,5,10-13H2,1-2H3,(H,29,30). The van der Waals surface area contributed by atoms with Crippen LogP contribution in [0.15, 0.2) is 60.9 Å². The number of hydrogen-bond donors (Lipinski definition) is 2. The lowest BCUT2D eigenvalue weighted by Gasteiger charge is -2.21. The van der Waals surface area contributed by atoms with E-state index in [9.17, 15) is 4.79 Å². The fraction of sp³-hybridized carbons (Fsp3) is 0.269. The summed E-state index contributed by atoms with van der Waals surface area (Å²) in [5.41, 5.74) is 4.02. The zero-order valence-corrected chi connectivity index (χ0v) is 19.4. The van der Waals surface area contributed by atoms with Crippen molar-refractivity contribution < 1.29 is 9.53 Å². The fourth-order valence-corrected chi connectivity index (χ4v) is 4.27. The molecule has 0 aliphatic carbocycles. The number of nitrogens with one attached hydrogen (secondary N) is 2. The molecule has 4 aromatic rings. The van der Waals surface area contributed by atoms with Gasteiger partial charge >= 0.3 is 0 Å². The number of H-pyrrole nitrogens is 1. The van der Waals surface area contributed by atoms with Gasteiger partial charge in [0.1, 0.15) is 17.3 Å². The van der Waals surface area contributed by atoms with Crippen LogP contribution < -0.4 is 10.1 Å². The molecule has 1 aliphatic rings. The van der Waals surface area contributed by atoms with Gasteiger partial charge in [0.15, 0.2) is 0 Å². The quantitative estimate of drug-likeness (QED) is 0.469. The monoisotopic (exact) mass is 456 g/mol. The summed E-state index contributed by atoms with van der Waals surface area (Å²) >= 11 is 0. The first-order chi connectivity index (χ1) is 16.6. The number of aromatic nitrogens is 3. The molecule has 3 heterocycles. The Hall–Kier alpha value is -3.91. The van der Waals surface area contributed by atoms with Gasteiger partial charge in [0, 0.05) is 36.1 Å². The molecule has 2 aromatic carbocycles. The van der Waals surface area contributed by atoms with E-state index in [4.69, 9.17) is 9.72 Å². The van der Waals surface area contributed by atoms with Crippen LogP contribution in [0, 0.1) is 0 Å². The first-order valence-electron chi connectivity index (χ1n) is 11.4. The van der Waals surface area contributed by atoms with Crippen molar-refractivity contribution in [3.63, 3.8) is 0 Å². The SMILES string of the molecule is COc1cc(C(=O)N2CCCN(C)CC2)ccc1Nc1cncc(-c2cc3ccccc3[nH]2)n1. The summed E-state index contributed by atoms with van der Waals surface area (Å²) in [5, 5.41) is 4.41. The first kappa shape index (κ1) is 21.9. The third-order valence-electron chi connectivity index (χ3n) is 6.16. The summed E-state index contributed by atoms with van der Waals surface area (Å²) in [6.45, 7) is 3.39. The van der Waals surface area contributed by atoms with Crippen molar-refractivity contribution in [3.05, 3.63) is 66.5 Å². The number of aromatic amines is 1. The smallest absolute Gasteiger partial charge is 0.254 e. The van der Waals surface area contributed by atoms with Crippen LogP contribution in [-0.4, -0.2) is 71.0 Å². The number of ether oxygens (including phenoxy) is 1. The number of methoxy groups -OCH3 is 1. The van der Waals surface area contributed by atoms with Gasteiger partial charge < -0.3 is 24.8 Å². The number of benzene rings is 2. The van der Waals surface area contributed by atoms with Gasteiger partial charge in [0.25, 0.3) is 5.91 Å². The molecule has 34 heavy (non-hydrogen) atoms. The molecule has 0 spiro atoms. The molecule has 0 radical (unpaired) electrons. The Kier molecular flexibility index (Phi) is 6.14. The number of amides is 1. The number of hydrogen-bond acceptors (Lipinski definition) is 6. The van der Waals surface area contributed by atoms with Gasteiger partial charge in [-0.3, -0.25) is 9.78 Å². The van der Waals surface area contributed by atoms with Crippen LogP contribution in [0.4, 0.5) is 11.5 Å². The van der Waals surface area contributed by atoms with Crippen molar-refractivity contribution >= 4 is 28.3 Å². The Bertz CT molecular complexity index is 1280. The second-order valence-corrected chi connectivity index (χ2v) is 8.55. The zero-order valence-electron chi connectivity index (χ0n) is 19.4. The van der Waals surface area contributed by atoms with Crippen molar-refractivity contribution in [2.24, 2.45) is 0 Å². The van der Waals surface area contributed by atoms with Gasteiger partial charge in [-0.15, -0.1) is 0 Å². The highest BCUT2D eigenvalue weighted by atomic mass is 16.5. The van der Waals surface area contributed by atoms with E-state index >= 15 is 0 Å². The van der Waals surface area contributed by atoms with Crippen LogP contribution in [0.25, 0.3) is 22.3 Å². The Labute approximate surface area is 198 Å². The summed E-state index contributed by atoms with van der Waals surface area (Å²) in [4.78, 5) is 29.7. The fourth-order valence-electron chi connectivity index (χ4n) is 4.27. The van der Waals surface area contributed by atoms with E-state index in [0.29, 0.717) is 17.1 Å². The van der Waals surface area contributed by atoms with Crippen molar-refractivity contribution in [1.29, 1.82) is 0 Å². The number of fused-ring (bicyclic) bond motifs is 1. The maximum atomic E-state index is 13.1. The maximum absolute atomic E-state index is 13.1. The molecule has 8 nitrogen and oxygen atoms in total. The third-order valence-corrected chi connectivity index (χ3v) is 6.16. The van der Waals surface area contributed by atoms with Gasteiger partial charge in [-0.2, -0.15) is 0 Å². The van der Waals surface area contributed by atoms with Gasteiger partial charge in [-0.05, 0) is 50.3 Å². The number of carbonyl (C=O) groups excluding carboxylic acids is 1. The minimum Gasteiger partial charge on any atom is -0.495 e. The number of para-hydroxylation sites is 1. The van der Waals surface area contributed by atoms with Crippen molar-refractivity contribution in [2.45, 2.75) is 6.42 Å². The molecule has 0 atom stereocenters. The average Bonchev–Trinajstić information content (AvgIpc) is 3.19. The Morgan fingerprint density at radius 3 is 2.79 bits per heavy atom. The molecule has 0 saturated carbocycles. The Morgan fingerprint density at radius 2 is 1.94 bits per heavy atom. The van der Waals surface area contributed by atoms with Gasteiger partial charge in [-0.25, -0.2) is 4.98 Å². The molecule has 0 unspecified atom stereocenters. The van der Waals surface area contributed by atoms with Crippen molar-refractivity contribution in [2.75, 3.05) is 45.7 Å². The van der Waals surface area contributed by atoms with Crippen molar-refractivity contribution in [1.82, 2.24) is 24.8 Å². The molecule has 174 valence electrons. The van der Waals surface area contributed by atoms with Crippen LogP contribution in [0.5, 0.6) is 5.75 Å². The average molecular weight is 457 g/mol. The number of rotatable bonds is 5. The van der Waals surface area contributed by atoms with E-state index in [1.807, 2.05) is 35.2 Å². The van der Waals surface area contributed by atoms with Gasteiger partial charge in [0.2, 0.25) is 0 Å². The molecule has 1 amide bonds. The normalized spacial score (nSPS) is 14.7. The Balaban J connectivity index is 1.36. The molecule has 2 N–H and O–H groups in total. The molecular formula is C26H28N6O2. The minimum absolute atomic E-state index is 0.0285. The second kappa shape index (κ2) is 9.52. The van der Waals surface area contributed by atoms with E-state index in [1.165, 1.54) is 0 Å². The summed E-state index contributed by atoms with van der Waals surface area (Å²) in [6.07, 6.45) is 4.37. The number of nitrogens with zero attached hydrogens (tertiary/aromatic N) is 4. The van der Waals surface area contributed by atoms with E-state index < -0.39 is 0 Å². The molecule has 1 saturated heterocycles. The molecule has 2 aromatic heterocycles. The largest absolute Gasteiger partial charge is 0.495 e. The van der Waals surface area contributed by atoms with Crippen LogP contribution in [-0.2, 0) is 0 Å². The molecule has 1 aliphatic heterocycles. The highest BCUT2D eigenvalue weighted by Gasteiger charge is 2.20. The second-order valence-electron chi connectivity index (χ2n) is 8.55. The maximum Gasteiger partial charge on any atom is 0.254 e. The number of likely N-dealkylation sites (N-methyl/N-ethyl adjacent to an activating group) is 1. The van der Waals surface area contributed by atoms with E-state index in [1.54, 1.807) is 25.6 Å². The van der Waals surface area contributed by atoms with Gasteiger partial charge in [0.05, 0.1) is 30.9 Å². The number of anilines is 2. The molecule has 8 heteroatoms. The van der Waals surface area contributed by atoms with E-state index in [2.05, 4.69) is 39.4 Å². The minimum atomic E-state index is 0.0285. The van der Waals surface area contributed by atoms with Crippen molar-refractivity contribution in [3.8, 4) is 17.1 Å². The molecular weight excluding hydrogens is 428 g/mol. The lowest BCUT2D eigenvalue weighted by molar-refractivity contribution is 0.0762. The topological polar surface area (TPSA) is 86.4 Å². The predicted octanol–water partition coefficient (Wildman–Crippen LogP) is 4.15. The van der Waals surface area contributed by atoms with Gasteiger partial charge in [-0.1, -0.05) is 18.2 Å². The molecule has 1 fully saturated rings. The summed E-state index contributed by atoms with van der Waals surface area (Å²) in [5.74, 6) is 1.19. The lowest BCUT2D eigenvalue weighted by Crippen LogP contribution is -2.34. The Morgan fingerprint density at radius 1 is 1.06 bits per heavy atom. The highest BCUT2D eigenvalue weighted by molar-refractivity contribution is 5.95. The predicted molar refractivity (Wildman–Crippen MR) is 134 cm³/mol. The van der Waals surface area contributed by atoms with Crippen LogP contribution >= 0.6 is 0 Å². The lowest BCUT2D eigenvalue weighted by atomic mass is 10.1. The van der Waals surface area contributed by atoms with E-state index in [0.717, 1.165) is 60.6 Å². The molecule has 5 rings (SSSR count). The van der Waals surface area contributed by atoms with E-state index in [-0.39, 0.29) is 5.91 Å². The summed E-state index contributed by atoms with van der Waals surface area (Å²) in [6, 6.07) is 15.6. The summed E-state index contributed by atoms with van der Waals surface area (Å²) in [7, 11) is 3.69. The van der Waals surface area contributed by atoms with Crippen LogP contribution in [0.2, 0.25) is 0 Å². The third kappa shape index (κ3) is 4.58. The zero-order chi connectivity index (χ0) is 23.5. The molecule has 0 bridgehead atoms. The number of carbonyl (C=O) groups is 1. The van der Waals surface area contributed by atoms with Crippen LogP contribution in [0.3, 0.4) is 0 Å². The van der Waals surface area contributed by atoms with Crippen LogP contribution in [0.1, 0.15) is 16.8 Å². The summed E-state index contributed by atoms with van der Waals surface area (Å²) < 4.78 is 5.60. The first-order valence-corrected chi connectivity index (χ1v) is 11.4.